The maximum atomic E-state index is 13.6. The van der Waals surface area contributed by atoms with E-state index in [1.54, 1.807) is 18.4 Å². The summed E-state index contributed by atoms with van der Waals surface area (Å²) in [6, 6.07) is 8.20. The van der Waals surface area contributed by atoms with Crippen molar-refractivity contribution in [1.29, 1.82) is 0 Å². The van der Waals surface area contributed by atoms with Crippen LogP contribution in [0.4, 0.5) is 15.8 Å². The second-order valence-corrected chi connectivity index (χ2v) is 6.08. The predicted molar refractivity (Wildman–Crippen MR) is 91.8 cm³/mol. The van der Waals surface area contributed by atoms with Gasteiger partial charge in [0.15, 0.2) is 0 Å². The lowest BCUT2D eigenvalue weighted by Crippen LogP contribution is -2.44. The van der Waals surface area contributed by atoms with E-state index in [0.29, 0.717) is 18.5 Å². The van der Waals surface area contributed by atoms with Gasteiger partial charge in [0.1, 0.15) is 11.6 Å². The fourth-order valence-corrected chi connectivity index (χ4v) is 2.84. The van der Waals surface area contributed by atoms with E-state index in [1.165, 1.54) is 12.1 Å². The van der Waals surface area contributed by atoms with Gasteiger partial charge in [0.05, 0.1) is 17.6 Å². The quantitative estimate of drug-likeness (QED) is 0.915. The number of nitrogens with zero attached hydrogens (tertiary/aromatic N) is 2. The largest absolute Gasteiger partial charge is 0.469 e. The van der Waals surface area contributed by atoms with Crippen molar-refractivity contribution in [3.8, 4) is 0 Å². The molecule has 24 heavy (non-hydrogen) atoms. The van der Waals surface area contributed by atoms with Crippen LogP contribution < -0.4 is 10.2 Å². The van der Waals surface area contributed by atoms with Crippen molar-refractivity contribution in [3.63, 3.8) is 0 Å². The monoisotopic (exact) mass is 331 g/mol. The van der Waals surface area contributed by atoms with Crippen LogP contribution in [-0.2, 0) is 11.2 Å². The molecule has 0 aliphatic carbocycles. The number of halogens is 1. The molecule has 3 rings (SSSR count). The fourth-order valence-electron chi connectivity index (χ4n) is 2.84. The molecule has 0 radical (unpaired) electrons. The van der Waals surface area contributed by atoms with Crippen molar-refractivity contribution in [2.24, 2.45) is 0 Å². The molecule has 0 bridgehead atoms. The smallest absolute Gasteiger partial charge is 0.224 e. The van der Waals surface area contributed by atoms with Gasteiger partial charge in [-0.25, -0.2) is 4.39 Å². The number of hydrogen-bond donors (Lipinski definition) is 1. The molecule has 1 fully saturated rings. The number of anilines is 2. The van der Waals surface area contributed by atoms with E-state index in [1.807, 2.05) is 6.07 Å². The second kappa shape index (κ2) is 7.49. The number of likely N-dealkylation sites (N-methyl/N-ethyl adjacent to an activating group) is 1. The maximum absolute atomic E-state index is 13.6. The van der Waals surface area contributed by atoms with Gasteiger partial charge in [-0.3, -0.25) is 4.79 Å². The van der Waals surface area contributed by atoms with E-state index in [9.17, 15) is 9.18 Å². The Kier molecular flexibility index (Phi) is 5.15. The Hall–Kier alpha value is -2.34. The number of aryl methyl sites for hydroxylation is 1. The molecule has 1 aliphatic rings. The molecule has 1 saturated heterocycles. The first-order valence-electron chi connectivity index (χ1n) is 8.17. The number of carbonyl (C=O) groups excluding carboxylic acids is 1. The molecule has 128 valence electrons. The summed E-state index contributed by atoms with van der Waals surface area (Å²) in [6.45, 7) is 3.61. The zero-order valence-corrected chi connectivity index (χ0v) is 13.8. The first kappa shape index (κ1) is 16.5. The number of amides is 1. The Bertz CT molecular complexity index is 680. The van der Waals surface area contributed by atoms with Crippen LogP contribution in [0.15, 0.2) is 41.0 Å². The topological polar surface area (TPSA) is 48.7 Å². The van der Waals surface area contributed by atoms with Crippen molar-refractivity contribution in [3.05, 3.63) is 48.2 Å². The number of piperazine rings is 1. The Morgan fingerprint density at radius 2 is 2.04 bits per heavy atom. The molecule has 0 atom stereocenters. The van der Waals surface area contributed by atoms with Gasteiger partial charge in [0.25, 0.3) is 0 Å². The highest BCUT2D eigenvalue weighted by atomic mass is 19.1. The molecule has 0 spiro atoms. The zero-order valence-electron chi connectivity index (χ0n) is 13.8. The third kappa shape index (κ3) is 4.14. The normalized spacial score (nSPS) is 15.5. The summed E-state index contributed by atoms with van der Waals surface area (Å²) in [7, 11) is 2.08. The lowest BCUT2D eigenvalue weighted by molar-refractivity contribution is -0.116. The minimum Gasteiger partial charge on any atom is -0.469 e. The minimum absolute atomic E-state index is 0.146. The number of benzene rings is 1. The Balaban J connectivity index is 1.67. The molecule has 1 amide bonds. The van der Waals surface area contributed by atoms with Crippen LogP contribution in [0.25, 0.3) is 0 Å². The van der Waals surface area contributed by atoms with Gasteiger partial charge < -0.3 is 19.5 Å². The average molecular weight is 331 g/mol. The van der Waals surface area contributed by atoms with Crippen LogP contribution in [0.1, 0.15) is 12.2 Å². The van der Waals surface area contributed by atoms with Gasteiger partial charge in [0.2, 0.25) is 5.91 Å². The highest BCUT2D eigenvalue weighted by Gasteiger charge is 2.18. The summed E-state index contributed by atoms with van der Waals surface area (Å²) >= 11 is 0. The van der Waals surface area contributed by atoms with Gasteiger partial charge in [-0.05, 0) is 37.4 Å². The third-order valence-corrected chi connectivity index (χ3v) is 4.26. The highest BCUT2D eigenvalue weighted by molar-refractivity contribution is 5.94. The summed E-state index contributed by atoms with van der Waals surface area (Å²) < 4.78 is 18.9. The Morgan fingerprint density at radius 1 is 1.25 bits per heavy atom. The molecule has 1 aliphatic heterocycles. The van der Waals surface area contributed by atoms with Gasteiger partial charge in [-0.15, -0.1) is 0 Å². The predicted octanol–water partition coefficient (Wildman–Crippen LogP) is 2.74. The minimum atomic E-state index is -0.353. The van der Waals surface area contributed by atoms with Crippen LogP contribution >= 0.6 is 0 Å². The number of rotatable bonds is 5. The fraction of sp³-hybridized carbons (Fsp3) is 0.389. The number of carbonyl (C=O) groups is 1. The summed E-state index contributed by atoms with van der Waals surface area (Å²) in [5.74, 6) is 0.269. The van der Waals surface area contributed by atoms with E-state index in [2.05, 4.69) is 22.2 Å². The summed E-state index contributed by atoms with van der Waals surface area (Å²) in [5, 5.41) is 2.85. The second-order valence-electron chi connectivity index (χ2n) is 6.08. The third-order valence-electron chi connectivity index (χ3n) is 4.26. The summed E-state index contributed by atoms with van der Waals surface area (Å²) in [5.41, 5.74) is 1.40. The first-order chi connectivity index (χ1) is 11.6. The molecular formula is C18H22FN3O2. The number of furan rings is 1. The van der Waals surface area contributed by atoms with E-state index in [0.717, 1.165) is 37.6 Å². The van der Waals surface area contributed by atoms with Crippen LogP contribution in [0, 0.1) is 5.82 Å². The van der Waals surface area contributed by atoms with Crippen molar-refractivity contribution >= 4 is 17.3 Å². The van der Waals surface area contributed by atoms with Crippen LogP contribution in [0.5, 0.6) is 0 Å². The lowest BCUT2D eigenvalue weighted by atomic mass is 10.2. The molecule has 2 aromatic rings. The number of nitrogens with one attached hydrogen (secondary N) is 1. The molecule has 1 aromatic carbocycles. The van der Waals surface area contributed by atoms with Crippen molar-refractivity contribution in [2.45, 2.75) is 12.8 Å². The van der Waals surface area contributed by atoms with Crippen molar-refractivity contribution in [1.82, 2.24) is 4.90 Å². The molecule has 0 unspecified atom stereocenters. The highest BCUT2D eigenvalue weighted by Crippen LogP contribution is 2.28. The standard InChI is InChI=1S/C18H22FN3O2/c1-21-8-10-22(11-9-21)17-6-4-14(19)13-16(17)20-18(23)7-5-15-3-2-12-24-15/h2-4,6,12-13H,5,7-11H2,1H3,(H,20,23). The molecule has 2 heterocycles. The SMILES string of the molecule is CN1CCN(c2ccc(F)cc2NC(=O)CCc2ccco2)CC1. The first-order valence-corrected chi connectivity index (χ1v) is 8.17. The molecule has 1 aromatic heterocycles. The van der Waals surface area contributed by atoms with Crippen molar-refractivity contribution in [2.75, 3.05) is 43.4 Å². The molecule has 5 nitrogen and oxygen atoms in total. The van der Waals surface area contributed by atoms with Gasteiger partial charge in [0, 0.05) is 39.0 Å². The lowest BCUT2D eigenvalue weighted by Gasteiger charge is -2.35. The van der Waals surface area contributed by atoms with E-state index < -0.39 is 0 Å². The molecular weight excluding hydrogens is 309 g/mol. The van der Waals surface area contributed by atoms with Crippen LogP contribution in [0.3, 0.4) is 0 Å². The van der Waals surface area contributed by atoms with Gasteiger partial charge in [-0.2, -0.15) is 0 Å². The molecule has 1 N–H and O–H groups in total. The Labute approximate surface area is 141 Å². The van der Waals surface area contributed by atoms with Crippen LogP contribution in [0.2, 0.25) is 0 Å². The summed E-state index contributed by atoms with van der Waals surface area (Å²) in [4.78, 5) is 16.6. The average Bonchev–Trinajstić information content (AvgIpc) is 3.08. The van der Waals surface area contributed by atoms with Crippen LogP contribution in [-0.4, -0.2) is 44.0 Å². The van der Waals surface area contributed by atoms with Gasteiger partial charge >= 0.3 is 0 Å². The van der Waals surface area contributed by atoms with Crippen molar-refractivity contribution < 1.29 is 13.6 Å². The molecule has 0 saturated carbocycles. The maximum Gasteiger partial charge on any atom is 0.224 e. The van der Waals surface area contributed by atoms with E-state index in [-0.39, 0.29) is 11.7 Å². The molecule has 6 heteroatoms. The van der Waals surface area contributed by atoms with Gasteiger partial charge in [-0.1, -0.05) is 0 Å². The van der Waals surface area contributed by atoms with E-state index >= 15 is 0 Å². The summed E-state index contributed by atoms with van der Waals surface area (Å²) in [6.07, 6.45) is 2.41. The van der Waals surface area contributed by atoms with E-state index in [4.69, 9.17) is 4.42 Å². The zero-order chi connectivity index (χ0) is 16.9. The number of hydrogen-bond acceptors (Lipinski definition) is 4. The Morgan fingerprint density at radius 3 is 2.75 bits per heavy atom.